The first-order valence-electron chi connectivity index (χ1n) is 18.4. The predicted molar refractivity (Wildman–Crippen MR) is 198 cm³/mol. The molecule has 8 rings (SSSR count). The molecule has 1 amide bonds. The van der Waals surface area contributed by atoms with Gasteiger partial charge in [0, 0.05) is 29.9 Å². The van der Waals surface area contributed by atoms with Gasteiger partial charge in [-0.2, -0.15) is 0 Å². The third-order valence-corrected chi connectivity index (χ3v) is 11.5. The lowest BCUT2D eigenvalue weighted by Gasteiger charge is -2.34. The monoisotopic (exact) mass is 728 g/mol. The fourth-order valence-electron chi connectivity index (χ4n) is 8.08. The first-order chi connectivity index (χ1) is 25.2. The Morgan fingerprint density at radius 1 is 1.02 bits per heavy atom. The summed E-state index contributed by atoms with van der Waals surface area (Å²) in [7, 11) is 0. The van der Waals surface area contributed by atoms with E-state index < -0.39 is 5.72 Å². The first-order valence-corrected chi connectivity index (χ1v) is 19.3. The molecule has 10 nitrogen and oxygen atoms in total. The van der Waals surface area contributed by atoms with Gasteiger partial charge in [-0.15, -0.1) is 11.3 Å². The van der Waals surface area contributed by atoms with Crippen LogP contribution < -0.4 is 14.2 Å². The summed E-state index contributed by atoms with van der Waals surface area (Å²) in [6.07, 6.45) is 0.0950. The van der Waals surface area contributed by atoms with Gasteiger partial charge >= 0.3 is 6.09 Å². The minimum Gasteiger partial charge on any atom is -0.489 e. The topological polar surface area (TPSA) is 88.2 Å². The number of amides is 1. The van der Waals surface area contributed by atoms with Crippen molar-refractivity contribution in [1.82, 2.24) is 9.80 Å². The van der Waals surface area contributed by atoms with Gasteiger partial charge in [-0.3, -0.25) is 9.80 Å². The molecule has 11 heteroatoms. The fourth-order valence-corrected chi connectivity index (χ4v) is 9.03. The van der Waals surface area contributed by atoms with Crippen LogP contribution >= 0.6 is 11.3 Å². The molecule has 0 bridgehead atoms. The van der Waals surface area contributed by atoms with Crippen LogP contribution in [0.15, 0.2) is 72.1 Å². The van der Waals surface area contributed by atoms with Gasteiger partial charge in [0.25, 0.3) is 0 Å². The molecule has 3 saturated heterocycles. The molecule has 1 aromatic heterocycles. The van der Waals surface area contributed by atoms with Crippen LogP contribution in [-0.2, 0) is 38.5 Å². The Bertz CT molecular complexity index is 1860. The molecule has 4 aliphatic rings. The van der Waals surface area contributed by atoms with Crippen LogP contribution in [0.4, 0.5) is 4.79 Å². The van der Waals surface area contributed by atoms with Gasteiger partial charge in [-0.1, -0.05) is 50.2 Å². The average Bonchev–Trinajstić information content (AvgIpc) is 3.95. The maximum atomic E-state index is 14.2. The van der Waals surface area contributed by atoms with E-state index in [1.807, 2.05) is 36.9 Å². The minimum absolute atomic E-state index is 0.0488. The second-order valence-electron chi connectivity index (χ2n) is 15.2. The molecule has 276 valence electrons. The van der Waals surface area contributed by atoms with Crippen molar-refractivity contribution in [2.24, 2.45) is 11.8 Å². The maximum Gasteiger partial charge on any atom is 0.412 e. The molecular formula is C41H48N2O8S. The van der Waals surface area contributed by atoms with Crippen LogP contribution in [0.25, 0.3) is 10.1 Å². The summed E-state index contributed by atoms with van der Waals surface area (Å²) in [6, 6.07) is 22.5. The quantitative estimate of drug-likeness (QED) is 0.146. The number of carbonyl (C=O) groups is 1. The number of fused-ring (bicyclic) bond motifs is 3. The zero-order chi connectivity index (χ0) is 35.8. The van der Waals surface area contributed by atoms with Crippen LogP contribution in [0.2, 0.25) is 0 Å². The normalized spacial score (nSPS) is 24.7. The minimum atomic E-state index is -0.897. The third-order valence-electron chi connectivity index (χ3n) is 10.4. The molecule has 3 fully saturated rings. The molecule has 0 N–H and O–H groups in total. The highest BCUT2D eigenvalue weighted by Crippen LogP contribution is 2.39. The number of thiophene rings is 1. The Labute approximate surface area is 309 Å². The van der Waals surface area contributed by atoms with E-state index in [-0.39, 0.29) is 43.3 Å². The zero-order valence-corrected chi connectivity index (χ0v) is 31.1. The molecule has 0 spiro atoms. The lowest BCUT2D eigenvalue weighted by Crippen LogP contribution is -2.51. The Balaban J connectivity index is 1.02. The van der Waals surface area contributed by atoms with Crippen LogP contribution in [0.5, 0.6) is 17.2 Å². The van der Waals surface area contributed by atoms with Crippen molar-refractivity contribution in [3.63, 3.8) is 0 Å². The highest BCUT2D eigenvalue weighted by atomic mass is 32.1. The number of hydrogen-bond donors (Lipinski definition) is 0. The van der Waals surface area contributed by atoms with E-state index in [0.29, 0.717) is 45.2 Å². The third kappa shape index (κ3) is 7.47. The Kier molecular flexibility index (Phi) is 10.1. The molecule has 0 aliphatic carbocycles. The fraction of sp³-hybridized carbons (Fsp3) is 0.488. The second kappa shape index (κ2) is 14.9. The van der Waals surface area contributed by atoms with Crippen molar-refractivity contribution in [1.29, 1.82) is 0 Å². The summed E-state index contributed by atoms with van der Waals surface area (Å²) < 4.78 is 43.3. The van der Waals surface area contributed by atoms with Crippen molar-refractivity contribution in [2.75, 3.05) is 33.1 Å². The van der Waals surface area contributed by atoms with Crippen molar-refractivity contribution in [3.8, 4) is 17.2 Å². The van der Waals surface area contributed by atoms with Gasteiger partial charge in [-0.05, 0) is 84.8 Å². The number of hydrogen-bond acceptors (Lipinski definition) is 10. The Hall–Kier alpha value is -3.87. The standard InChI is InChI=1S/C41H48N2O8S/c1-26(2)19-42(20-28-11-14-34-35(18-28)49-25-48-34)21-36-33(43(41(3,4)51-36)40(44)50-37-23-47-39-32(37)15-16-45-39)17-27-9-12-30(13-10-27)46-22-29-24-52-38-8-6-5-7-31(29)38/h5-14,18,24,26,32-33,36-37,39H,15-17,19-23,25H2,1-4H3/t32-,33-,36+,37-,39+/m0/s1. The van der Waals surface area contributed by atoms with Crippen molar-refractivity contribution in [2.45, 2.75) is 84.0 Å². The Morgan fingerprint density at radius 3 is 2.67 bits per heavy atom. The van der Waals surface area contributed by atoms with Gasteiger partial charge < -0.3 is 33.2 Å². The molecule has 4 aromatic rings. The second-order valence-corrected chi connectivity index (χ2v) is 16.1. The summed E-state index contributed by atoms with van der Waals surface area (Å²) in [5.74, 6) is 2.82. The maximum absolute atomic E-state index is 14.2. The number of rotatable bonds is 12. The Morgan fingerprint density at radius 2 is 1.83 bits per heavy atom. The molecular weight excluding hydrogens is 681 g/mol. The van der Waals surface area contributed by atoms with Crippen LogP contribution in [0.3, 0.4) is 0 Å². The molecule has 0 radical (unpaired) electrons. The molecule has 0 unspecified atom stereocenters. The van der Waals surface area contributed by atoms with E-state index in [2.05, 4.69) is 72.7 Å². The predicted octanol–water partition coefficient (Wildman–Crippen LogP) is 7.61. The number of benzene rings is 3. The molecule has 5 heterocycles. The first kappa shape index (κ1) is 35.2. The van der Waals surface area contributed by atoms with Crippen molar-refractivity contribution < 1.29 is 38.0 Å². The highest BCUT2D eigenvalue weighted by Gasteiger charge is 2.52. The van der Waals surface area contributed by atoms with Crippen LogP contribution in [0.1, 0.15) is 50.8 Å². The molecule has 4 aliphatic heterocycles. The van der Waals surface area contributed by atoms with Crippen LogP contribution in [-0.4, -0.2) is 79.3 Å². The average molecular weight is 729 g/mol. The molecule has 5 atom stereocenters. The van der Waals surface area contributed by atoms with Gasteiger partial charge in [0.1, 0.15) is 24.2 Å². The van der Waals surface area contributed by atoms with E-state index in [9.17, 15) is 4.79 Å². The van der Waals surface area contributed by atoms with Gasteiger partial charge in [0.15, 0.2) is 17.8 Å². The summed E-state index contributed by atoms with van der Waals surface area (Å²) in [5, 5.41) is 3.40. The van der Waals surface area contributed by atoms with Crippen molar-refractivity contribution in [3.05, 3.63) is 88.8 Å². The SMILES string of the molecule is CC(C)CN(Cc1ccc2c(c1)OCO2)C[C@H]1OC(C)(C)N(C(=O)O[C@H]2CO[C@H]3OCC[C@H]32)[C@H]1Cc1ccc(OCc2csc3ccccc23)cc1. The zero-order valence-electron chi connectivity index (χ0n) is 30.3. The molecule has 3 aromatic carbocycles. The highest BCUT2D eigenvalue weighted by molar-refractivity contribution is 7.17. The van der Waals surface area contributed by atoms with Gasteiger partial charge in [-0.25, -0.2) is 4.79 Å². The van der Waals surface area contributed by atoms with Crippen LogP contribution in [0, 0.1) is 11.8 Å². The summed E-state index contributed by atoms with van der Waals surface area (Å²) >= 11 is 1.74. The smallest absolute Gasteiger partial charge is 0.412 e. The molecule has 52 heavy (non-hydrogen) atoms. The lowest BCUT2D eigenvalue weighted by molar-refractivity contribution is -0.0912. The van der Waals surface area contributed by atoms with E-state index >= 15 is 0 Å². The molecule has 0 saturated carbocycles. The lowest BCUT2D eigenvalue weighted by atomic mass is 9.99. The van der Waals surface area contributed by atoms with E-state index in [0.717, 1.165) is 41.3 Å². The summed E-state index contributed by atoms with van der Waals surface area (Å²) in [4.78, 5) is 18.5. The number of ether oxygens (including phenoxy) is 7. The summed E-state index contributed by atoms with van der Waals surface area (Å²) in [5.41, 5.74) is 2.51. The van der Waals surface area contributed by atoms with Gasteiger partial charge in [0.05, 0.1) is 31.3 Å². The van der Waals surface area contributed by atoms with Gasteiger partial charge in [0.2, 0.25) is 6.79 Å². The van der Waals surface area contributed by atoms with E-state index in [4.69, 9.17) is 33.2 Å². The largest absolute Gasteiger partial charge is 0.489 e. The van der Waals surface area contributed by atoms with Crippen molar-refractivity contribution >= 4 is 27.5 Å². The number of nitrogens with zero attached hydrogens (tertiary/aromatic N) is 2. The van der Waals surface area contributed by atoms with E-state index in [1.54, 1.807) is 11.3 Å². The summed E-state index contributed by atoms with van der Waals surface area (Å²) in [6.45, 7) is 12.3. The van der Waals surface area contributed by atoms with E-state index in [1.165, 1.54) is 15.6 Å². The number of carbonyl (C=O) groups excluding carboxylic acids is 1.